The summed E-state index contributed by atoms with van der Waals surface area (Å²) in [5.74, 6) is -0.00750. The molecular formula is C17H19N3OS. The van der Waals surface area contributed by atoms with Crippen molar-refractivity contribution in [1.29, 1.82) is 5.26 Å². The van der Waals surface area contributed by atoms with Crippen molar-refractivity contribution in [3.63, 3.8) is 0 Å². The summed E-state index contributed by atoms with van der Waals surface area (Å²) in [5.41, 5.74) is 2.13. The minimum Gasteiger partial charge on any atom is -0.333 e. The number of carbonyl (C=O) groups excluding carboxylic acids is 1. The molecule has 0 spiro atoms. The Morgan fingerprint density at radius 1 is 1.50 bits per heavy atom. The van der Waals surface area contributed by atoms with E-state index in [1.165, 1.54) is 4.88 Å². The van der Waals surface area contributed by atoms with Crippen molar-refractivity contribution in [3.05, 3.63) is 51.5 Å². The minimum atomic E-state index is -0.00750. The Kier molecular flexibility index (Phi) is 5.68. The van der Waals surface area contributed by atoms with Gasteiger partial charge in [-0.3, -0.25) is 9.78 Å². The van der Waals surface area contributed by atoms with E-state index in [0.717, 1.165) is 22.4 Å². The molecule has 2 aromatic rings. The molecular weight excluding hydrogens is 294 g/mol. The Morgan fingerprint density at radius 2 is 2.32 bits per heavy atom. The van der Waals surface area contributed by atoms with Gasteiger partial charge in [0, 0.05) is 30.4 Å². The second-order valence-corrected chi connectivity index (χ2v) is 6.20. The predicted octanol–water partition coefficient (Wildman–Crippen LogP) is 3.57. The Bertz CT molecular complexity index is 673. The van der Waals surface area contributed by atoms with E-state index >= 15 is 0 Å². The molecule has 2 rings (SSSR count). The van der Waals surface area contributed by atoms with Gasteiger partial charge in [-0.25, -0.2) is 0 Å². The zero-order valence-electron chi connectivity index (χ0n) is 12.9. The molecule has 114 valence electrons. The molecule has 1 amide bonds. The third-order valence-corrected chi connectivity index (χ3v) is 4.80. The zero-order chi connectivity index (χ0) is 15.9. The van der Waals surface area contributed by atoms with Gasteiger partial charge in [-0.15, -0.1) is 11.3 Å². The van der Waals surface area contributed by atoms with E-state index in [4.69, 9.17) is 5.26 Å². The molecule has 0 aliphatic carbocycles. The highest BCUT2D eigenvalue weighted by atomic mass is 32.1. The van der Waals surface area contributed by atoms with Gasteiger partial charge in [-0.05, 0) is 36.6 Å². The van der Waals surface area contributed by atoms with Gasteiger partial charge in [0.25, 0.3) is 5.91 Å². The molecule has 4 nitrogen and oxygen atoms in total. The Labute approximate surface area is 135 Å². The fraction of sp³-hybridized carbons (Fsp3) is 0.353. The van der Waals surface area contributed by atoms with E-state index in [-0.39, 0.29) is 5.91 Å². The normalized spacial score (nSPS) is 10.2. The Morgan fingerprint density at radius 3 is 2.91 bits per heavy atom. The molecule has 0 unspecified atom stereocenters. The van der Waals surface area contributed by atoms with E-state index < -0.39 is 0 Å². The summed E-state index contributed by atoms with van der Waals surface area (Å²) in [6.45, 7) is 5.04. The van der Waals surface area contributed by atoms with Crippen molar-refractivity contribution in [3.8, 4) is 6.07 Å². The summed E-state index contributed by atoms with van der Waals surface area (Å²) in [5, 5.41) is 8.82. The largest absolute Gasteiger partial charge is 0.333 e. The number of aromatic nitrogens is 1. The van der Waals surface area contributed by atoms with Crippen LogP contribution >= 0.6 is 11.3 Å². The topological polar surface area (TPSA) is 57.0 Å². The zero-order valence-corrected chi connectivity index (χ0v) is 13.7. The van der Waals surface area contributed by atoms with Gasteiger partial charge < -0.3 is 4.90 Å². The SMILES string of the molecule is CCc1sc(C(=O)N(CCC#N)Cc2cccnc2)cc1C. The second-order valence-electron chi connectivity index (χ2n) is 5.07. The van der Waals surface area contributed by atoms with Crippen LogP contribution in [0.4, 0.5) is 0 Å². The van der Waals surface area contributed by atoms with Gasteiger partial charge in [0.05, 0.1) is 17.4 Å². The molecule has 0 bridgehead atoms. The van der Waals surface area contributed by atoms with Gasteiger partial charge in [-0.2, -0.15) is 5.26 Å². The molecule has 2 heterocycles. The lowest BCUT2D eigenvalue weighted by Gasteiger charge is -2.20. The number of amides is 1. The van der Waals surface area contributed by atoms with Crippen LogP contribution in [0.25, 0.3) is 0 Å². The van der Waals surface area contributed by atoms with E-state index in [1.54, 1.807) is 28.6 Å². The number of carbonyl (C=O) groups is 1. The van der Waals surface area contributed by atoms with Crippen molar-refractivity contribution in [2.75, 3.05) is 6.54 Å². The van der Waals surface area contributed by atoms with Crippen LogP contribution in [0.3, 0.4) is 0 Å². The molecule has 2 aromatic heterocycles. The van der Waals surface area contributed by atoms with Crippen molar-refractivity contribution < 1.29 is 4.79 Å². The molecule has 0 fully saturated rings. The lowest BCUT2D eigenvalue weighted by atomic mass is 10.2. The molecule has 0 atom stereocenters. The maximum absolute atomic E-state index is 12.7. The molecule has 5 heteroatoms. The lowest BCUT2D eigenvalue weighted by molar-refractivity contribution is 0.0751. The van der Waals surface area contributed by atoms with Gasteiger partial charge in [-0.1, -0.05) is 13.0 Å². The first-order chi connectivity index (χ1) is 10.7. The van der Waals surface area contributed by atoms with E-state index in [2.05, 4.69) is 18.0 Å². The quantitative estimate of drug-likeness (QED) is 0.819. The molecule has 22 heavy (non-hydrogen) atoms. The number of nitrogens with zero attached hydrogens (tertiary/aromatic N) is 3. The van der Waals surface area contributed by atoms with Crippen molar-refractivity contribution in [1.82, 2.24) is 9.88 Å². The number of aryl methyl sites for hydroxylation is 2. The van der Waals surface area contributed by atoms with Crippen LogP contribution in [0, 0.1) is 18.3 Å². The van der Waals surface area contributed by atoms with Gasteiger partial charge in [0.1, 0.15) is 0 Å². The maximum atomic E-state index is 12.7. The Hall–Kier alpha value is -2.19. The van der Waals surface area contributed by atoms with E-state index in [1.807, 2.05) is 25.1 Å². The summed E-state index contributed by atoms with van der Waals surface area (Å²) >= 11 is 1.55. The molecule has 0 saturated heterocycles. The van der Waals surface area contributed by atoms with Crippen LogP contribution in [0.2, 0.25) is 0 Å². The highest BCUT2D eigenvalue weighted by molar-refractivity contribution is 7.14. The van der Waals surface area contributed by atoms with Crippen molar-refractivity contribution >= 4 is 17.2 Å². The monoisotopic (exact) mass is 313 g/mol. The number of nitriles is 1. The van der Waals surface area contributed by atoms with E-state index in [0.29, 0.717) is 19.5 Å². The third-order valence-electron chi connectivity index (χ3n) is 3.43. The number of hydrogen-bond donors (Lipinski definition) is 0. The molecule has 0 N–H and O–H groups in total. The highest BCUT2D eigenvalue weighted by Crippen LogP contribution is 2.24. The van der Waals surface area contributed by atoms with E-state index in [9.17, 15) is 4.79 Å². The summed E-state index contributed by atoms with van der Waals surface area (Å²) in [6.07, 6.45) is 4.73. The summed E-state index contributed by atoms with van der Waals surface area (Å²) in [4.78, 5) is 20.5. The van der Waals surface area contributed by atoms with Crippen LogP contribution in [0.5, 0.6) is 0 Å². The van der Waals surface area contributed by atoms with Gasteiger partial charge in [0.15, 0.2) is 0 Å². The molecule has 0 aromatic carbocycles. The molecule has 0 aliphatic rings. The van der Waals surface area contributed by atoms with Gasteiger partial charge >= 0.3 is 0 Å². The summed E-state index contributed by atoms with van der Waals surface area (Å²) < 4.78 is 0. The lowest BCUT2D eigenvalue weighted by Crippen LogP contribution is -2.30. The molecule has 0 saturated carbocycles. The first-order valence-corrected chi connectivity index (χ1v) is 8.11. The number of rotatable bonds is 6. The number of hydrogen-bond acceptors (Lipinski definition) is 4. The average molecular weight is 313 g/mol. The average Bonchev–Trinajstić information content (AvgIpc) is 2.92. The predicted molar refractivity (Wildman–Crippen MR) is 87.6 cm³/mol. The fourth-order valence-electron chi connectivity index (χ4n) is 2.28. The van der Waals surface area contributed by atoms with Crippen molar-refractivity contribution in [2.45, 2.75) is 33.2 Å². The second kappa shape index (κ2) is 7.71. The Balaban J connectivity index is 2.20. The standard InChI is InChI=1S/C17H19N3OS/c1-3-15-13(2)10-16(22-15)17(21)20(9-5-7-18)12-14-6-4-8-19-11-14/h4,6,8,10-11H,3,5,9,12H2,1-2H3. The number of pyridine rings is 1. The summed E-state index contributed by atoms with van der Waals surface area (Å²) in [6, 6.07) is 7.86. The number of thiophene rings is 1. The molecule has 0 radical (unpaired) electrons. The smallest absolute Gasteiger partial charge is 0.264 e. The van der Waals surface area contributed by atoms with Crippen LogP contribution in [0.15, 0.2) is 30.6 Å². The summed E-state index contributed by atoms with van der Waals surface area (Å²) in [7, 11) is 0. The van der Waals surface area contributed by atoms with Crippen molar-refractivity contribution in [2.24, 2.45) is 0 Å². The fourth-order valence-corrected chi connectivity index (χ4v) is 3.36. The van der Waals surface area contributed by atoms with Gasteiger partial charge in [0.2, 0.25) is 0 Å². The van der Waals surface area contributed by atoms with Crippen LogP contribution < -0.4 is 0 Å². The maximum Gasteiger partial charge on any atom is 0.264 e. The first kappa shape index (κ1) is 16.2. The van der Waals surface area contributed by atoms with Crippen LogP contribution in [-0.2, 0) is 13.0 Å². The minimum absolute atomic E-state index is 0.00750. The van der Waals surface area contributed by atoms with Crippen LogP contribution in [0.1, 0.15) is 39.0 Å². The first-order valence-electron chi connectivity index (χ1n) is 7.30. The highest BCUT2D eigenvalue weighted by Gasteiger charge is 2.19. The van der Waals surface area contributed by atoms with Crippen LogP contribution in [-0.4, -0.2) is 22.3 Å². The molecule has 0 aliphatic heterocycles. The third kappa shape index (κ3) is 3.92.